The summed E-state index contributed by atoms with van der Waals surface area (Å²) < 4.78 is 42.3. The van der Waals surface area contributed by atoms with Gasteiger partial charge in [0.25, 0.3) is 5.91 Å². The van der Waals surface area contributed by atoms with Crippen LogP contribution in [0.5, 0.6) is 0 Å². The number of carbonyl (C=O) groups is 1. The Labute approximate surface area is 200 Å². The van der Waals surface area contributed by atoms with Gasteiger partial charge in [0.1, 0.15) is 10.8 Å². The Hall–Kier alpha value is -2.13. The normalized spacial score (nSPS) is 18.1. The number of halogens is 7. The van der Waals surface area contributed by atoms with E-state index in [1.807, 2.05) is 0 Å². The average Bonchev–Trinajstić information content (AvgIpc) is 3.06. The summed E-state index contributed by atoms with van der Waals surface area (Å²) in [6.45, 7) is 0. The third-order valence-corrected chi connectivity index (χ3v) is 6.22. The van der Waals surface area contributed by atoms with Crippen LogP contribution in [-0.4, -0.2) is 21.9 Å². The van der Waals surface area contributed by atoms with Crippen molar-refractivity contribution in [2.75, 3.05) is 10.6 Å². The van der Waals surface area contributed by atoms with Crippen LogP contribution in [0.15, 0.2) is 42.5 Å². The summed E-state index contributed by atoms with van der Waals surface area (Å²) in [6, 6.07) is 8.28. The van der Waals surface area contributed by atoms with E-state index < -0.39 is 29.9 Å². The number of aromatic nitrogens is 2. The summed E-state index contributed by atoms with van der Waals surface area (Å²) in [6.07, 6.45) is -4.98. The lowest BCUT2D eigenvalue weighted by Crippen LogP contribution is -2.35. The predicted octanol–water partition coefficient (Wildman–Crippen LogP) is 7.41. The maximum Gasteiger partial charge on any atom is 0.410 e. The zero-order valence-corrected chi connectivity index (χ0v) is 18.9. The molecule has 168 valence electrons. The van der Waals surface area contributed by atoms with Crippen molar-refractivity contribution in [3.05, 3.63) is 73.8 Å². The first kappa shape index (κ1) is 23.0. The van der Waals surface area contributed by atoms with Crippen molar-refractivity contribution in [2.45, 2.75) is 24.7 Å². The highest BCUT2D eigenvalue weighted by atomic mass is 35.5. The molecule has 2 N–H and O–H groups in total. The van der Waals surface area contributed by atoms with Crippen molar-refractivity contribution < 1.29 is 18.0 Å². The Morgan fingerprint density at radius 1 is 1.06 bits per heavy atom. The van der Waals surface area contributed by atoms with Gasteiger partial charge in [-0.1, -0.05) is 64.6 Å². The number of para-hydroxylation sites is 1. The van der Waals surface area contributed by atoms with Crippen molar-refractivity contribution in [2.24, 2.45) is 0 Å². The molecule has 5 nitrogen and oxygen atoms in total. The van der Waals surface area contributed by atoms with E-state index in [0.29, 0.717) is 15.3 Å². The van der Waals surface area contributed by atoms with Crippen LogP contribution in [0, 0.1) is 0 Å². The van der Waals surface area contributed by atoms with E-state index in [2.05, 4.69) is 15.7 Å². The summed E-state index contributed by atoms with van der Waals surface area (Å²) in [5, 5.41) is 9.81. The summed E-state index contributed by atoms with van der Waals surface area (Å²) in [5.74, 6) is -0.965. The van der Waals surface area contributed by atoms with E-state index in [9.17, 15) is 18.0 Å². The monoisotopic (exact) mass is 522 g/mol. The highest BCUT2D eigenvalue weighted by Gasteiger charge is 2.47. The zero-order chi connectivity index (χ0) is 23.2. The second-order valence-corrected chi connectivity index (χ2v) is 8.68. The molecule has 0 fully saturated rings. The maximum atomic E-state index is 13.9. The van der Waals surface area contributed by atoms with Crippen molar-refractivity contribution in [3.63, 3.8) is 0 Å². The molecule has 4 rings (SSSR count). The standard InChI is InChI=1S/C20H13Cl4F3N4O/c21-10-6-4-9(5-7-10)13-8-14(20(25,26)27)31-18(28-13)15(24)17(30-31)19(32)29-16-11(22)2-1-3-12(16)23/h1-7,13-14,28H,8H2,(H,29,32). The van der Waals surface area contributed by atoms with Gasteiger partial charge in [0, 0.05) is 11.4 Å². The number of rotatable bonds is 3. The minimum atomic E-state index is -4.63. The summed E-state index contributed by atoms with van der Waals surface area (Å²) in [7, 11) is 0. The van der Waals surface area contributed by atoms with Crippen LogP contribution in [0.2, 0.25) is 20.1 Å². The minimum absolute atomic E-state index is 0.0993. The molecule has 2 unspecified atom stereocenters. The molecule has 0 spiro atoms. The van der Waals surface area contributed by atoms with E-state index in [0.717, 1.165) is 0 Å². The summed E-state index contributed by atoms with van der Waals surface area (Å²) >= 11 is 24.3. The highest BCUT2D eigenvalue weighted by molar-refractivity contribution is 6.40. The molecular formula is C20H13Cl4F3N4O. The van der Waals surface area contributed by atoms with Crippen LogP contribution in [0.3, 0.4) is 0 Å². The van der Waals surface area contributed by atoms with Gasteiger partial charge in [-0.3, -0.25) is 4.79 Å². The number of benzene rings is 2. The number of carbonyl (C=O) groups excluding carboxylic acids is 1. The number of amides is 1. The molecule has 1 aliphatic rings. The van der Waals surface area contributed by atoms with E-state index in [1.165, 1.54) is 12.1 Å². The highest BCUT2D eigenvalue weighted by Crippen LogP contribution is 2.46. The van der Waals surface area contributed by atoms with Gasteiger partial charge >= 0.3 is 6.18 Å². The van der Waals surface area contributed by atoms with Gasteiger partial charge in [-0.15, -0.1) is 0 Å². The Balaban J connectivity index is 1.72. The first-order valence-electron chi connectivity index (χ1n) is 9.18. The van der Waals surface area contributed by atoms with Crippen LogP contribution < -0.4 is 10.6 Å². The van der Waals surface area contributed by atoms with Gasteiger partial charge < -0.3 is 10.6 Å². The number of anilines is 2. The van der Waals surface area contributed by atoms with E-state index in [4.69, 9.17) is 46.4 Å². The fraction of sp³-hybridized carbons (Fsp3) is 0.200. The van der Waals surface area contributed by atoms with Gasteiger partial charge in [-0.05, 0) is 29.8 Å². The van der Waals surface area contributed by atoms with Crippen molar-refractivity contribution in [1.29, 1.82) is 0 Å². The zero-order valence-electron chi connectivity index (χ0n) is 15.9. The SMILES string of the molecule is O=C(Nc1c(Cl)cccc1Cl)c1nn2c(c1Cl)NC(c1ccc(Cl)cc1)CC2C(F)(F)F. The Morgan fingerprint density at radius 2 is 1.69 bits per heavy atom. The number of hydrogen-bond acceptors (Lipinski definition) is 3. The van der Waals surface area contributed by atoms with Crippen LogP contribution in [0.4, 0.5) is 24.7 Å². The van der Waals surface area contributed by atoms with E-state index in [1.54, 1.807) is 30.3 Å². The molecule has 0 saturated carbocycles. The average molecular weight is 524 g/mol. The number of nitrogens with one attached hydrogen (secondary N) is 2. The molecule has 2 heterocycles. The van der Waals surface area contributed by atoms with E-state index >= 15 is 0 Å². The molecule has 2 aromatic carbocycles. The van der Waals surface area contributed by atoms with Crippen molar-refractivity contribution in [1.82, 2.24) is 9.78 Å². The van der Waals surface area contributed by atoms with Crippen LogP contribution in [0.1, 0.15) is 34.6 Å². The molecule has 0 saturated heterocycles. The lowest BCUT2D eigenvalue weighted by atomic mass is 9.97. The van der Waals surface area contributed by atoms with Gasteiger partial charge in [0.2, 0.25) is 0 Å². The van der Waals surface area contributed by atoms with Crippen molar-refractivity contribution in [3.8, 4) is 0 Å². The quantitative estimate of drug-likeness (QED) is 0.375. The largest absolute Gasteiger partial charge is 0.410 e. The lowest BCUT2D eigenvalue weighted by molar-refractivity contribution is -0.173. The minimum Gasteiger partial charge on any atom is -0.362 e. The Bertz CT molecular complexity index is 1160. The number of fused-ring (bicyclic) bond motifs is 1. The molecule has 1 aromatic heterocycles. The third-order valence-electron chi connectivity index (χ3n) is 4.98. The van der Waals surface area contributed by atoms with Gasteiger partial charge in [-0.2, -0.15) is 18.3 Å². The molecule has 1 aliphatic heterocycles. The fourth-order valence-corrected chi connectivity index (χ4v) is 4.32. The number of alkyl halides is 3. The molecule has 0 bridgehead atoms. The number of nitrogens with zero attached hydrogens (tertiary/aromatic N) is 2. The van der Waals surface area contributed by atoms with Crippen LogP contribution in [0.25, 0.3) is 0 Å². The molecule has 0 radical (unpaired) electrons. The fourth-order valence-electron chi connectivity index (χ4n) is 3.44. The summed E-state index contributed by atoms with van der Waals surface area (Å²) in [4.78, 5) is 12.8. The van der Waals surface area contributed by atoms with Gasteiger partial charge in [-0.25, -0.2) is 4.68 Å². The molecule has 32 heavy (non-hydrogen) atoms. The third kappa shape index (κ3) is 4.37. The van der Waals surface area contributed by atoms with E-state index in [-0.39, 0.29) is 33.0 Å². The Morgan fingerprint density at radius 3 is 2.28 bits per heavy atom. The summed E-state index contributed by atoms with van der Waals surface area (Å²) in [5.41, 5.74) is 0.291. The molecule has 3 aromatic rings. The first-order chi connectivity index (χ1) is 15.1. The van der Waals surface area contributed by atoms with Crippen LogP contribution in [-0.2, 0) is 0 Å². The molecule has 12 heteroatoms. The van der Waals surface area contributed by atoms with Gasteiger partial charge in [0.15, 0.2) is 11.7 Å². The van der Waals surface area contributed by atoms with Crippen LogP contribution >= 0.6 is 46.4 Å². The topological polar surface area (TPSA) is 59.0 Å². The molecule has 1 amide bonds. The molecule has 0 aliphatic carbocycles. The number of hydrogen-bond donors (Lipinski definition) is 2. The van der Waals surface area contributed by atoms with Crippen molar-refractivity contribution >= 4 is 63.8 Å². The first-order valence-corrected chi connectivity index (χ1v) is 10.7. The Kier molecular flexibility index (Phi) is 6.24. The second kappa shape index (κ2) is 8.67. The maximum absolute atomic E-state index is 13.9. The molecule has 2 atom stereocenters. The molecular weight excluding hydrogens is 511 g/mol. The second-order valence-electron chi connectivity index (χ2n) is 7.05. The predicted molar refractivity (Wildman–Crippen MR) is 119 cm³/mol. The van der Waals surface area contributed by atoms with Gasteiger partial charge in [0.05, 0.1) is 21.8 Å². The smallest absolute Gasteiger partial charge is 0.362 e. The lowest BCUT2D eigenvalue weighted by Gasteiger charge is -2.33.